The van der Waals surface area contributed by atoms with E-state index in [1.54, 1.807) is 18.2 Å². The Bertz CT molecular complexity index is 405. The first kappa shape index (κ1) is 12.4. The fourth-order valence-corrected chi connectivity index (χ4v) is 2.67. The zero-order valence-electron chi connectivity index (χ0n) is 10.4. The van der Waals surface area contributed by atoms with Crippen LogP contribution >= 0.6 is 0 Å². The van der Waals surface area contributed by atoms with Crippen molar-refractivity contribution in [2.75, 3.05) is 7.11 Å². The molecule has 1 aromatic rings. The number of rotatable bonds is 3. The van der Waals surface area contributed by atoms with E-state index in [9.17, 15) is 9.50 Å². The highest BCUT2D eigenvalue weighted by Gasteiger charge is 2.38. The maximum Gasteiger partial charge on any atom is 0.168 e. The maximum atomic E-state index is 14.0. The largest absolute Gasteiger partial charge is 0.494 e. The first-order valence-electron chi connectivity index (χ1n) is 6.10. The van der Waals surface area contributed by atoms with Gasteiger partial charge in [-0.2, -0.15) is 0 Å². The van der Waals surface area contributed by atoms with Crippen molar-refractivity contribution in [3.05, 3.63) is 29.6 Å². The summed E-state index contributed by atoms with van der Waals surface area (Å²) < 4.78 is 18.9. The van der Waals surface area contributed by atoms with E-state index in [0.717, 1.165) is 19.3 Å². The predicted molar refractivity (Wildman–Crippen MR) is 64.6 cm³/mol. The number of aliphatic hydroxyl groups is 1. The summed E-state index contributed by atoms with van der Waals surface area (Å²) in [7, 11) is 1.45. The van der Waals surface area contributed by atoms with Crippen LogP contribution in [-0.2, 0) is 6.42 Å². The summed E-state index contributed by atoms with van der Waals surface area (Å²) in [4.78, 5) is 0. The molecule has 1 aliphatic rings. The normalized spacial score (nSPS) is 28.4. The van der Waals surface area contributed by atoms with Crippen LogP contribution in [0.15, 0.2) is 18.2 Å². The Morgan fingerprint density at radius 1 is 1.53 bits per heavy atom. The standard InChI is InChI=1S/C14H19FO2/c1-10-5-4-8-14(10,16)9-11-6-3-7-12(17-2)13(11)15/h3,6-7,10,16H,4-5,8-9H2,1-2H3. The summed E-state index contributed by atoms with van der Waals surface area (Å²) >= 11 is 0. The third kappa shape index (κ3) is 2.29. The van der Waals surface area contributed by atoms with E-state index in [1.165, 1.54) is 7.11 Å². The molecule has 1 aliphatic carbocycles. The van der Waals surface area contributed by atoms with Gasteiger partial charge in [0.05, 0.1) is 12.7 Å². The van der Waals surface area contributed by atoms with Crippen LogP contribution in [0.3, 0.4) is 0 Å². The minimum atomic E-state index is -0.757. The molecule has 1 N–H and O–H groups in total. The van der Waals surface area contributed by atoms with Crippen LogP contribution in [0.1, 0.15) is 31.7 Å². The Kier molecular flexibility index (Phi) is 3.38. The fourth-order valence-electron chi connectivity index (χ4n) is 2.67. The van der Waals surface area contributed by atoms with Crippen LogP contribution < -0.4 is 4.74 Å². The summed E-state index contributed by atoms with van der Waals surface area (Å²) in [5.74, 6) is 0.132. The molecule has 0 aromatic heterocycles. The van der Waals surface area contributed by atoms with Gasteiger partial charge < -0.3 is 9.84 Å². The maximum absolute atomic E-state index is 14.0. The van der Waals surface area contributed by atoms with Gasteiger partial charge in [0.1, 0.15) is 0 Å². The van der Waals surface area contributed by atoms with Gasteiger partial charge in [-0.25, -0.2) is 4.39 Å². The van der Waals surface area contributed by atoms with Gasteiger partial charge in [0.15, 0.2) is 11.6 Å². The number of halogens is 1. The smallest absolute Gasteiger partial charge is 0.168 e. The first-order valence-corrected chi connectivity index (χ1v) is 6.10. The lowest BCUT2D eigenvalue weighted by Crippen LogP contribution is -2.34. The summed E-state index contributed by atoms with van der Waals surface area (Å²) in [6.07, 6.45) is 3.16. The van der Waals surface area contributed by atoms with Crippen molar-refractivity contribution in [1.82, 2.24) is 0 Å². The van der Waals surface area contributed by atoms with Gasteiger partial charge in [-0.05, 0) is 30.4 Å². The molecule has 2 rings (SSSR count). The molecule has 3 heteroatoms. The molecule has 0 radical (unpaired) electrons. The Hall–Kier alpha value is -1.09. The van der Waals surface area contributed by atoms with E-state index in [1.807, 2.05) is 6.92 Å². The molecule has 1 fully saturated rings. The third-order valence-electron chi connectivity index (χ3n) is 3.92. The van der Waals surface area contributed by atoms with Crippen molar-refractivity contribution in [2.24, 2.45) is 5.92 Å². The van der Waals surface area contributed by atoms with Crippen LogP contribution in [0.4, 0.5) is 4.39 Å². The molecule has 17 heavy (non-hydrogen) atoms. The minimum absolute atomic E-state index is 0.230. The van der Waals surface area contributed by atoms with E-state index in [4.69, 9.17) is 4.74 Å². The van der Waals surface area contributed by atoms with Crippen molar-refractivity contribution in [2.45, 2.75) is 38.2 Å². The van der Waals surface area contributed by atoms with Crippen LogP contribution in [-0.4, -0.2) is 17.8 Å². The second-order valence-corrected chi connectivity index (χ2v) is 5.01. The molecule has 0 spiro atoms. The molecule has 0 aliphatic heterocycles. The number of ether oxygens (including phenoxy) is 1. The molecule has 2 unspecified atom stereocenters. The molecule has 2 atom stereocenters. The van der Waals surface area contributed by atoms with Crippen LogP contribution in [0.2, 0.25) is 0 Å². The van der Waals surface area contributed by atoms with Crippen molar-refractivity contribution in [3.63, 3.8) is 0 Å². The van der Waals surface area contributed by atoms with Gasteiger partial charge in [-0.3, -0.25) is 0 Å². The van der Waals surface area contributed by atoms with E-state index in [0.29, 0.717) is 12.0 Å². The lowest BCUT2D eigenvalue weighted by atomic mass is 9.86. The molecule has 1 aromatic carbocycles. The fraction of sp³-hybridized carbons (Fsp3) is 0.571. The van der Waals surface area contributed by atoms with Gasteiger partial charge in [0.25, 0.3) is 0 Å². The number of hydrogen-bond donors (Lipinski definition) is 1. The molecule has 2 nitrogen and oxygen atoms in total. The molecule has 1 saturated carbocycles. The molecule has 0 bridgehead atoms. The molecular weight excluding hydrogens is 219 g/mol. The molecule has 94 valence electrons. The molecule has 0 heterocycles. The van der Waals surface area contributed by atoms with Crippen LogP contribution in [0.5, 0.6) is 5.75 Å². The second-order valence-electron chi connectivity index (χ2n) is 5.01. The Morgan fingerprint density at radius 2 is 2.29 bits per heavy atom. The number of benzene rings is 1. The first-order chi connectivity index (χ1) is 8.07. The van der Waals surface area contributed by atoms with E-state index >= 15 is 0 Å². The molecule has 0 saturated heterocycles. The van der Waals surface area contributed by atoms with E-state index < -0.39 is 5.60 Å². The molecule has 0 amide bonds. The van der Waals surface area contributed by atoms with Crippen LogP contribution in [0, 0.1) is 11.7 Å². The Labute approximate surface area is 101 Å². The van der Waals surface area contributed by atoms with E-state index in [2.05, 4.69) is 0 Å². The Balaban J connectivity index is 2.24. The predicted octanol–water partition coefficient (Wildman–Crippen LogP) is 2.93. The van der Waals surface area contributed by atoms with Gasteiger partial charge in [-0.1, -0.05) is 25.5 Å². The highest BCUT2D eigenvalue weighted by Crippen LogP contribution is 2.38. The van der Waals surface area contributed by atoms with Gasteiger partial charge in [-0.15, -0.1) is 0 Å². The van der Waals surface area contributed by atoms with Gasteiger partial charge >= 0.3 is 0 Å². The molecular formula is C14H19FO2. The summed E-state index contributed by atoms with van der Waals surface area (Å²) in [5, 5.41) is 10.5. The SMILES string of the molecule is COc1cccc(CC2(O)CCCC2C)c1F. The van der Waals surface area contributed by atoms with Crippen molar-refractivity contribution < 1.29 is 14.2 Å². The summed E-state index contributed by atoms with van der Waals surface area (Å²) in [6, 6.07) is 5.09. The highest BCUT2D eigenvalue weighted by molar-refractivity contribution is 5.32. The van der Waals surface area contributed by atoms with E-state index in [-0.39, 0.29) is 17.5 Å². The van der Waals surface area contributed by atoms with Crippen molar-refractivity contribution in [1.29, 1.82) is 0 Å². The summed E-state index contributed by atoms with van der Waals surface area (Å²) in [6.45, 7) is 2.03. The van der Waals surface area contributed by atoms with Gasteiger partial charge in [0, 0.05) is 6.42 Å². The highest BCUT2D eigenvalue weighted by atomic mass is 19.1. The van der Waals surface area contributed by atoms with Crippen molar-refractivity contribution in [3.8, 4) is 5.75 Å². The average molecular weight is 238 g/mol. The lowest BCUT2D eigenvalue weighted by Gasteiger charge is -2.28. The Morgan fingerprint density at radius 3 is 2.88 bits per heavy atom. The zero-order chi connectivity index (χ0) is 12.5. The van der Waals surface area contributed by atoms with Crippen molar-refractivity contribution >= 4 is 0 Å². The average Bonchev–Trinajstić information content (AvgIpc) is 2.62. The quantitative estimate of drug-likeness (QED) is 0.877. The van der Waals surface area contributed by atoms with Crippen LogP contribution in [0.25, 0.3) is 0 Å². The number of hydrogen-bond acceptors (Lipinski definition) is 2. The third-order valence-corrected chi connectivity index (χ3v) is 3.92. The monoisotopic (exact) mass is 238 g/mol. The number of methoxy groups -OCH3 is 1. The topological polar surface area (TPSA) is 29.5 Å². The van der Waals surface area contributed by atoms with Gasteiger partial charge in [0.2, 0.25) is 0 Å². The summed E-state index contributed by atoms with van der Waals surface area (Å²) in [5.41, 5.74) is -0.215. The minimum Gasteiger partial charge on any atom is -0.494 e. The zero-order valence-corrected chi connectivity index (χ0v) is 10.4. The lowest BCUT2D eigenvalue weighted by molar-refractivity contribution is 0.00880. The second kappa shape index (κ2) is 4.65.